The van der Waals surface area contributed by atoms with E-state index in [9.17, 15) is 9.18 Å². The molecule has 0 bridgehead atoms. The van der Waals surface area contributed by atoms with Crippen molar-refractivity contribution in [1.29, 1.82) is 0 Å². The van der Waals surface area contributed by atoms with Crippen LogP contribution < -0.4 is 10.2 Å². The summed E-state index contributed by atoms with van der Waals surface area (Å²) in [5, 5.41) is 3.04. The van der Waals surface area contributed by atoms with Gasteiger partial charge in [-0.15, -0.1) is 0 Å². The first kappa shape index (κ1) is 18.6. The first-order valence-corrected chi connectivity index (χ1v) is 8.35. The molecule has 1 amide bonds. The third kappa shape index (κ3) is 5.14. The quantitative estimate of drug-likeness (QED) is 0.842. The number of nitrogens with zero attached hydrogens (tertiary/aromatic N) is 3. The number of nitrogens with one attached hydrogen (secondary N) is 1. The van der Waals surface area contributed by atoms with E-state index < -0.39 is 12.0 Å². The molecule has 0 unspecified atom stereocenters. The van der Waals surface area contributed by atoms with E-state index in [0.29, 0.717) is 6.54 Å². The molecular formula is C18H23FN4O2. The molecule has 6 nitrogen and oxygen atoms in total. The highest BCUT2D eigenvalue weighted by Gasteiger charge is 2.26. The van der Waals surface area contributed by atoms with Crippen LogP contribution in [0.3, 0.4) is 0 Å². The van der Waals surface area contributed by atoms with Crippen molar-refractivity contribution >= 4 is 17.9 Å². The number of cyclic esters (lactones) is 1. The van der Waals surface area contributed by atoms with Crippen molar-refractivity contribution in [1.82, 2.24) is 9.97 Å². The monoisotopic (exact) mass is 346 g/mol. The van der Waals surface area contributed by atoms with Crippen molar-refractivity contribution in [3.63, 3.8) is 0 Å². The zero-order valence-electron chi connectivity index (χ0n) is 14.7. The van der Waals surface area contributed by atoms with Crippen molar-refractivity contribution in [2.45, 2.75) is 33.2 Å². The number of ether oxygens (including phenoxy) is 1. The molecule has 1 saturated heterocycles. The van der Waals surface area contributed by atoms with Gasteiger partial charge in [-0.05, 0) is 12.5 Å². The summed E-state index contributed by atoms with van der Waals surface area (Å²) in [6.07, 6.45) is 0.722. The van der Waals surface area contributed by atoms with Crippen LogP contribution >= 0.6 is 0 Å². The van der Waals surface area contributed by atoms with Gasteiger partial charge < -0.3 is 10.1 Å². The molecule has 1 aliphatic rings. The third-order valence-electron chi connectivity index (χ3n) is 3.36. The van der Waals surface area contributed by atoms with Crippen LogP contribution in [0.4, 0.5) is 21.0 Å². The lowest BCUT2D eigenvalue weighted by molar-refractivity contribution is 0.181. The van der Waals surface area contributed by atoms with Crippen molar-refractivity contribution in [3.05, 3.63) is 47.9 Å². The van der Waals surface area contributed by atoms with Crippen LogP contribution in [0.15, 0.2) is 36.4 Å². The highest BCUT2D eigenvalue weighted by Crippen LogP contribution is 2.21. The van der Waals surface area contributed by atoms with Crippen molar-refractivity contribution in [2.24, 2.45) is 0 Å². The van der Waals surface area contributed by atoms with Crippen LogP contribution in [-0.4, -0.2) is 29.2 Å². The van der Waals surface area contributed by atoms with E-state index in [4.69, 9.17) is 4.74 Å². The molecule has 0 saturated carbocycles. The minimum absolute atomic E-state index is 0.0959. The topological polar surface area (TPSA) is 67.3 Å². The fourth-order valence-electron chi connectivity index (χ4n) is 2.23. The lowest BCUT2D eigenvalue weighted by Gasteiger charge is -2.16. The molecule has 134 valence electrons. The Balaban J connectivity index is 0.000000701. The summed E-state index contributed by atoms with van der Waals surface area (Å²) in [4.78, 5) is 20.7. The van der Waals surface area contributed by atoms with Crippen LogP contribution in [0.2, 0.25) is 0 Å². The number of rotatable bonds is 4. The fourth-order valence-corrected chi connectivity index (χ4v) is 2.23. The number of amides is 1. The summed E-state index contributed by atoms with van der Waals surface area (Å²) in [5.41, 5.74) is 1.03. The normalized spacial score (nSPS) is 14.4. The molecule has 1 aromatic heterocycles. The first-order chi connectivity index (χ1) is 12.0. The minimum Gasteiger partial charge on any atom is -0.447 e. The molecule has 3 rings (SSSR count). The summed E-state index contributed by atoms with van der Waals surface area (Å²) in [7, 11) is 0. The van der Waals surface area contributed by atoms with Gasteiger partial charge in [0.05, 0.1) is 12.6 Å². The number of hydrogen-bond acceptors (Lipinski definition) is 5. The Bertz CT molecular complexity index is 697. The fraction of sp³-hybridized carbons (Fsp3) is 0.389. The maximum atomic E-state index is 13.7. The predicted molar refractivity (Wildman–Crippen MR) is 95.1 cm³/mol. The van der Waals surface area contributed by atoms with Gasteiger partial charge in [0, 0.05) is 6.07 Å². The van der Waals surface area contributed by atoms with E-state index in [2.05, 4.69) is 29.1 Å². The average Bonchev–Trinajstić information content (AvgIpc) is 3.02. The van der Waals surface area contributed by atoms with E-state index >= 15 is 0 Å². The molecule has 0 radical (unpaired) electrons. The zero-order chi connectivity index (χ0) is 18.2. The molecule has 1 aromatic carbocycles. The Kier molecular flexibility index (Phi) is 6.68. The number of hydrogen-bond donors (Lipinski definition) is 1. The van der Waals surface area contributed by atoms with E-state index in [-0.39, 0.29) is 24.4 Å². The van der Waals surface area contributed by atoms with Gasteiger partial charge in [0.25, 0.3) is 0 Å². The van der Waals surface area contributed by atoms with E-state index in [1.807, 2.05) is 37.3 Å². The van der Waals surface area contributed by atoms with Crippen LogP contribution in [0.1, 0.15) is 38.8 Å². The molecule has 1 N–H and O–H groups in total. The van der Waals surface area contributed by atoms with Gasteiger partial charge in [-0.3, -0.25) is 4.90 Å². The number of aromatic nitrogens is 2. The predicted octanol–water partition coefficient (Wildman–Crippen LogP) is 4.16. The highest BCUT2D eigenvalue weighted by molar-refractivity contribution is 5.88. The van der Waals surface area contributed by atoms with Gasteiger partial charge in [-0.25, -0.2) is 4.79 Å². The van der Waals surface area contributed by atoms with E-state index in [1.54, 1.807) is 0 Å². The standard InChI is InChI=1S/C15H15FN4O2.C3H8/c1-10(11-5-3-2-4-6-11)17-14-18-12(16)9-13(19-14)20-7-8-22-15(20)21;1-3-2/h2-6,9-10H,7-8H2,1H3,(H,17,18,19);3H2,1-2H3/t10-;/m0./s1. The summed E-state index contributed by atoms with van der Waals surface area (Å²) >= 11 is 0. The molecule has 2 heterocycles. The van der Waals surface area contributed by atoms with E-state index in [0.717, 1.165) is 11.6 Å². The number of carbonyl (C=O) groups is 1. The largest absolute Gasteiger partial charge is 0.447 e. The Labute approximate surface area is 147 Å². The Morgan fingerprint density at radius 2 is 1.96 bits per heavy atom. The maximum Gasteiger partial charge on any atom is 0.415 e. The Hall–Kier alpha value is -2.70. The molecule has 0 spiro atoms. The molecule has 7 heteroatoms. The third-order valence-corrected chi connectivity index (χ3v) is 3.36. The second-order valence-electron chi connectivity index (χ2n) is 5.62. The summed E-state index contributed by atoms with van der Waals surface area (Å²) < 4.78 is 18.5. The average molecular weight is 346 g/mol. The van der Waals surface area contributed by atoms with Crippen molar-refractivity contribution in [2.75, 3.05) is 23.4 Å². The van der Waals surface area contributed by atoms with Crippen LogP contribution in [0.25, 0.3) is 0 Å². The smallest absolute Gasteiger partial charge is 0.415 e. The maximum absolute atomic E-state index is 13.7. The number of carbonyl (C=O) groups excluding carboxylic acids is 1. The van der Waals surface area contributed by atoms with Crippen LogP contribution in [-0.2, 0) is 4.74 Å². The highest BCUT2D eigenvalue weighted by atomic mass is 19.1. The first-order valence-electron chi connectivity index (χ1n) is 8.35. The molecule has 0 aliphatic carbocycles. The van der Waals surface area contributed by atoms with E-state index in [1.165, 1.54) is 11.3 Å². The second kappa shape index (κ2) is 8.96. The van der Waals surface area contributed by atoms with Gasteiger partial charge in [-0.1, -0.05) is 50.6 Å². The summed E-state index contributed by atoms with van der Waals surface area (Å²) in [6.45, 7) is 6.80. The molecule has 1 aliphatic heterocycles. The zero-order valence-corrected chi connectivity index (χ0v) is 14.7. The summed E-state index contributed by atoms with van der Waals surface area (Å²) in [6, 6.07) is 10.7. The summed E-state index contributed by atoms with van der Waals surface area (Å²) in [5.74, 6) is -0.378. The number of benzene rings is 1. The Morgan fingerprint density at radius 3 is 2.56 bits per heavy atom. The van der Waals surface area contributed by atoms with Crippen LogP contribution in [0, 0.1) is 5.95 Å². The molecule has 1 atom stereocenters. The lowest BCUT2D eigenvalue weighted by Crippen LogP contribution is -2.25. The lowest BCUT2D eigenvalue weighted by atomic mass is 10.1. The Morgan fingerprint density at radius 1 is 1.28 bits per heavy atom. The van der Waals surface area contributed by atoms with Gasteiger partial charge in [0.2, 0.25) is 11.9 Å². The number of halogens is 1. The second-order valence-corrected chi connectivity index (χ2v) is 5.62. The van der Waals surface area contributed by atoms with Crippen LogP contribution in [0.5, 0.6) is 0 Å². The van der Waals surface area contributed by atoms with Gasteiger partial charge in [0.15, 0.2) is 0 Å². The van der Waals surface area contributed by atoms with Crippen molar-refractivity contribution in [3.8, 4) is 0 Å². The molecular weight excluding hydrogens is 323 g/mol. The van der Waals surface area contributed by atoms with Gasteiger partial charge in [-0.2, -0.15) is 14.4 Å². The van der Waals surface area contributed by atoms with Gasteiger partial charge in [0.1, 0.15) is 12.4 Å². The SMILES string of the molecule is CCC.C[C@H](Nc1nc(F)cc(N2CCOC2=O)n1)c1ccccc1. The molecule has 25 heavy (non-hydrogen) atoms. The molecule has 2 aromatic rings. The molecule has 1 fully saturated rings. The van der Waals surface area contributed by atoms with Crippen molar-refractivity contribution < 1.29 is 13.9 Å². The number of anilines is 2. The van der Waals surface area contributed by atoms with Gasteiger partial charge >= 0.3 is 6.09 Å². The minimum atomic E-state index is -0.701.